The van der Waals surface area contributed by atoms with E-state index in [1.807, 2.05) is 0 Å². The molecule has 1 saturated heterocycles. The van der Waals surface area contributed by atoms with Crippen LogP contribution in [0.15, 0.2) is 17.5 Å². The molecule has 0 spiro atoms. The summed E-state index contributed by atoms with van der Waals surface area (Å²) in [6.45, 7) is 4.22. The lowest BCUT2D eigenvalue weighted by atomic mass is 10.2. The highest BCUT2D eigenvalue weighted by Crippen LogP contribution is 2.27. The molecule has 1 unspecified atom stereocenters. The lowest BCUT2D eigenvalue weighted by Gasteiger charge is -2.26. The Morgan fingerprint density at radius 3 is 2.78 bits per heavy atom. The SMILES string of the molecule is O=C(NCc1nnc2n1CCCCC2)NCC(c1cccs1)N1CCCC1. The first-order chi connectivity index (χ1) is 13.3. The molecule has 0 aliphatic carbocycles. The van der Waals surface area contributed by atoms with E-state index in [2.05, 4.69) is 47.8 Å². The Morgan fingerprint density at radius 1 is 1.11 bits per heavy atom. The second kappa shape index (κ2) is 8.84. The summed E-state index contributed by atoms with van der Waals surface area (Å²) in [4.78, 5) is 16.2. The van der Waals surface area contributed by atoms with Crippen molar-refractivity contribution in [1.82, 2.24) is 30.3 Å². The van der Waals surface area contributed by atoms with Gasteiger partial charge in [-0.15, -0.1) is 21.5 Å². The predicted molar refractivity (Wildman–Crippen MR) is 106 cm³/mol. The second-order valence-electron chi connectivity index (χ2n) is 7.33. The summed E-state index contributed by atoms with van der Waals surface area (Å²) in [6.07, 6.45) is 7.03. The van der Waals surface area contributed by atoms with Crippen molar-refractivity contribution in [3.05, 3.63) is 34.0 Å². The van der Waals surface area contributed by atoms with Gasteiger partial charge in [0.25, 0.3) is 0 Å². The van der Waals surface area contributed by atoms with Gasteiger partial charge in [0.05, 0.1) is 12.6 Å². The van der Waals surface area contributed by atoms with Crippen molar-refractivity contribution in [2.75, 3.05) is 19.6 Å². The van der Waals surface area contributed by atoms with E-state index in [4.69, 9.17) is 0 Å². The molecule has 146 valence electrons. The van der Waals surface area contributed by atoms with E-state index < -0.39 is 0 Å². The molecule has 0 radical (unpaired) electrons. The molecule has 0 bridgehead atoms. The standard InChI is InChI=1S/C19H28N6OS/c26-19(21-14-18-23-22-17-8-2-1-3-11-25(17)18)20-13-15(16-7-6-12-27-16)24-9-4-5-10-24/h6-7,12,15H,1-5,8-11,13-14H2,(H2,20,21,26). The molecule has 2 aromatic rings. The molecule has 0 aromatic carbocycles. The fraction of sp³-hybridized carbons (Fsp3) is 0.632. The summed E-state index contributed by atoms with van der Waals surface area (Å²) in [6, 6.07) is 4.38. The van der Waals surface area contributed by atoms with Crippen LogP contribution in [0.5, 0.6) is 0 Å². The number of thiophene rings is 1. The number of aromatic nitrogens is 3. The Morgan fingerprint density at radius 2 is 1.96 bits per heavy atom. The highest BCUT2D eigenvalue weighted by Gasteiger charge is 2.24. The number of urea groups is 1. The number of carbonyl (C=O) groups excluding carboxylic acids is 1. The minimum Gasteiger partial charge on any atom is -0.336 e. The van der Waals surface area contributed by atoms with Gasteiger partial charge in [0, 0.05) is 24.4 Å². The van der Waals surface area contributed by atoms with Gasteiger partial charge >= 0.3 is 6.03 Å². The number of carbonyl (C=O) groups is 1. The maximum absolute atomic E-state index is 12.4. The van der Waals surface area contributed by atoms with E-state index in [1.54, 1.807) is 11.3 Å². The molecule has 2 amide bonds. The van der Waals surface area contributed by atoms with E-state index in [-0.39, 0.29) is 12.1 Å². The van der Waals surface area contributed by atoms with Crippen LogP contribution in [0.4, 0.5) is 4.79 Å². The van der Waals surface area contributed by atoms with Gasteiger partial charge < -0.3 is 15.2 Å². The number of hydrogen-bond acceptors (Lipinski definition) is 5. The minimum absolute atomic E-state index is 0.137. The second-order valence-corrected chi connectivity index (χ2v) is 8.31. The van der Waals surface area contributed by atoms with Crippen molar-refractivity contribution in [2.24, 2.45) is 0 Å². The number of fused-ring (bicyclic) bond motifs is 1. The zero-order valence-electron chi connectivity index (χ0n) is 15.7. The van der Waals surface area contributed by atoms with E-state index in [0.717, 1.165) is 44.1 Å². The average Bonchev–Trinajstić information content (AvgIpc) is 3.42. The average molecular weight is 389 g/mol. The fourth-order valence-electron chi connectivity index (χ4n) is 4.03. The van der Waals surface area contributed by atoms with Crippen LogP contribution in [0.2, 0.25) is 0 Å². The van der Waals surface area contributed by atoms with Crippen molar-refractivity contribution in [1.29, 1.82) is 0 Å². The molecule has 2 N–H and O–H groups in total. The summed E-state index contributed by atoms with van der Waals surface area (Å²) < 4.78 is 2.17. The maximum Gasteiger partial charge on any atom is 0.315 e. The van der Waals surface area contributed by atoms with Gasteiger partial charge in [-0.25, -0.2) is 4.79 Å². The Bertz CT molecular complexity index is 737. The number of rotatable bonds is 6. The third-order valence-electron chi connectivity index (χ3n) is 5.50. The summed E-state index contributed by atoms with van der Waals surface area (Å²) in [5.41, 5.74) is 0. The number of aryl methyl sites for hydroxylation is 1. The molecule has 1 atom stereocenters. The van der Waals surface area contributed by atoms with Gasteiger partial charge in [-0.1, -0.05) is 12.5 Å². The topological polar surface area (TPSA) is 75.1 Å². The number of nitrogens with one attached hydrogen (secondary N) is 2. The predicted octanol–water partition coefficient (Wildman–Crippen LogP) is 2.70. The molecule has 7 nitrogen and oxygen atoms in total. The Hall–Kier alpha value is -1.93. The Kier molecular flexibility index (Phi) is 6.03. The molecule has 2 aliphatic heterocycles. The van der Waals surface area contributed by atoms with Gasteiger partial charge in [0.1, 0.15) is 5.82 Å². The molecule has 2 aliphatic rings. The summed E-state index contributed by atoms with van der Waals surface area (Å²) in [7, 11) is 0. The first kappa shape index (κ1) is 18.4. The van der Waals surface area contributed by atoms with Crippen molar-refractivity contribution < 1.29 is 4.79 Å². The Balaban J connectivity index is 1.30. The number of likely N-dealkylation sites (tertiary alicyclic amines) is 1. The quantitative estimate of drug-likeness (QED) is 0.798. The molecule has 8 heteroatoms. The molecule has 4 heterocycles. The van der Waals surface area contributed by atoms with Crippen LogP contribution in [0, 0.1) is 0 Å². The van der Waals surface area contributed by atoms with Crippen LogP contribution in [-0.2, 0) is 19.5 Å². The molecular weight excluding hydrogens is 360 g/mol. The molecular formula is C19H28N6OS. The smallest absolute Gasteiger partial charge is 0.315 e. The van der Waals surface area contributed by atoms with Crippen LogP contribution >= 0.6 is 11.3 Å². The van der Waals surface area contributed by atoms with Gasteiger partial charge in [-0.05, 0) is 50.2 Å². The largest absolute Gasteiger partial charge is 0.336 e. The van der Waals surface area contributed by atoms with Crippen LogP contribution in [0.1, 0.15) is 54.7 Å². The van der Waals surface area contributed by atoms with Crippen molar-refractivity contribution in [2.45, 2.75) is 57.7 Å². The molecule has 1 fully saturated rings. The van der Waals surface area contributed by atoms with E-state index in [0.29, 0.717) is 13.1 Å². The number of amides is 2. The van der Waals surface area contributed by atoms with E-state index in [9.17, 15) is 4.79 Å². The Labute approximate surface area is 164 Å². The minimum atomic E-state index is -0.137. The monoisotopic (exact) mass is 388 g/mol. The number of nitrogens with zero attached hydrogens (tertiary/aromatic N) is 4. The zero-order chi connectivity index (χ0) is 18.5. The first-order valence-corrected chi connectivity index (χ1v) is 10.9. The normalized spacial score (nSPS) is 18.7. The zero-order valence-corrected chi connectivity index (χ0v) is 16.5. The van der Waals surface area contributed by atoms with Crippen molar-refractivity contribution in [3.8, 4) is 0 Å². The highest BCUT2D eigenvalue weighted by atomic mass is 32.1. The summed E-state index contributed by atoms with van der Waals surface area (Å²) >= 11 is 1.76. The molecule has 4 rings (SSSR count). The third kappa shape index (κ3) is 4.50. The van der Waals surface area contributed by atoms with E-state index in [1.165, 1.54) is 30.6 Å². The molecule has 27 heavy (non-hydrogen) atoms. The van der Waals surface area contributed by atoms with Crippen molar-refractivity contribution in [3.63, 3.8) is 0 Å². The third-order valence-corrected chi connectivity index (χ3v) is 6.48. The number of hydrogen-bond donors (Lipinski definition) is 2. The summed E-state index contributed by atoms with van der Waals surface area (Å²) in [5.74, 6) is 1.91. The fourth-order valence-corrected chi connectivity index (χ4v) is 4.89. The summed E-state index contributed by atoms with van der Waals surface area (Å²) in [5, 5.41) is 16.7. The van der Waals surface area contributed by atoms with E-state index >= 15 is 0 Å². The van der Waals surface area contributed by atoms with Crippen molar-refractivity contribution >= 4 is 17.4 Å². The van der Waals surface area contributed by atoms with Crippen LogP contribution in [-0.4, -0.2) is 45.3 Å². The highest BCUT2D eigenvalue weighted by molar-refractivity contribution is 7.10. The molecule has 2 aromatic heterocycles. The lowest BCUT2D eigenvalue weighted by molar-refractivity contribution is 0.222. The van der Waals surface area contributed by atoms with Gasteiger partial charge in [-0.3, -0.25) is 4.90 Å². The first-order valence-electron chi connectivity index (χ1n) is 10.0. The van der Waals surface area contributed by atoms with Gasteiger partial charge in [0.2, 0.25) is 0 Å². The maximum atomic E-state index is 12.4. The van der Waals surface area contributed by atoms with Crippen LogP contribution < -0.4 is 10.6 Å². The van der Waals surface area contributed by atoms with Gasteiger partial charge in [0.15, 0.2) is 5.82 Å². The van der Waals surface area contributed by atoms with Crippen LogP contribution in [0.25, 0.3) is 0 Å². The van der Waals surface area contributed by atoms with Crippen LogP contribution in [0.3, 0.4) is 0 Å². The lowest BCUT2D eigenvalue weighted by Crippen LogP contribution is -2.41. The van der Waals surface area contributed by atoms with Gasteiger partial charge in [-0.2, -0.15) is 0 Å². The molecule has 0 saturated carbocycles.